The number of hydrogen-bond acceptors (Lipinski definition) is 5. The summed E-state index contributed by atoms with van der Waals surface area (Å²) in [7, 11) is 1.45. The van der Waals surface area contributed by atoms with Gasteiger partial charge in [-0.2, -0.15) is 0 Å². The number of esters is 1. The van der Waals surface area contributed by atoms with Gasteiger partial charge in [0.1, 0.15) is 23.5 Å². The van der Waals surface area contributed by atoms with E-state index in [1.165, 1.54) is 19.4 Å². The first-order chi connectivity index (χ1) is 12.5. The number of benzene rings is 1. The molecule has 144 valence electrons. The van der Waals surface area contributed by atoms with E-state index in [-0.39, 0.29) is 0 Å². The molecule has 0 aliphatic rings. The molecule has 0 unspecified atom stereocenters. The van der Waals surface area contributed by atoms with Crippen molar-refractivity contribution in [3.8, 4) is 16.9 Å². The van der Waals surface area contributed by atoms with E-state index < -0.39 is 35.2 Å². The predicted molar refractivity (Wildman–Crippen MR) is 101 cm³/mol. The quantitative estimate of drug-likeness (QED) is 0.784. The molecular formula is C19H20ClNO6. The second kappa shape index (κ2) is 7.84. The van der Waals surface area contributed by atoms with Crippen LogP contribution in [0.1, 0.15) is 31.1 Å². The lowest BCUT2D eigenvalue weighted by Gasteiger charge is -2.20. The highest BCUT2D eigenvalue weighted by molar-refractivity contribution is 6.33. The normalized spacial score (nSPS) is 11.1. The van der Waals surface area contributed by atoms with Gasteiger partial charge in [0.15, 0.2) is 0 Å². The van der Waals surface area contributed by atoms with E-state index in [0.29, 0.717) is 21.9 Å². The number of rotatable bonds is 5. The summed E-state index contributed by atoms with van der Waals surface area (Å²) in [6, 6.07) is 6.16. The SMILES string of the molecule is COc1cccc(Cl)c1-c1cc(C(=O)O)c(=O)n(CC(=O)OC(C)(C)C)c1. The molecule has 0 saturated carbocycles. The van der Waals surface area contributed by atoms with Gasteiger partial charge in [0, 0.05) is 17.3 Å². The second-order valence-corrected chi connectivity index (χ2v) is 7.19. The lowest BCUT2D eigenvalue weighted by molar-refractivity contribution is -0.155. The first kappa shape index (κ1) is 20.5. The van der Waals surface area contributed by atoms with Gasteiger partial charge in [-0.05, 0) is 39.0 Å². The number of aromatic carboxylic acids is 1. The molecule has 1 aromatic carbocycles. The number of halogens is 1. The minimum absolute atomic E-state index is 0.313. The summed E-state index contributed by atoms with van der Waals surface area (Å²) in [6.07, 6.45) is 1.36. The van der Waals surface area contributed by atoms with Crippen molar-refractivity contribution in [2.45, 2.75) is 32.9 Å². The fourth-order valence-corrected chi connectivity index (χ4v) is 2.79. The molecule has 0 radical (unpaired) electrons. The Labute approximate surface area is 161 Å². The van der Waals surface area contributed by atoms with E-state index in [2.05, 4.69) is 0 Å². The number of pyridine rings is 1. The van der Waals surface area contributed by atoms with Crippen LogP contribution in [-0.4, -0.2) is 34.3 Å². The Morgan fingerprint density at radius 2 is 1.93 bits per heavy atom. The number of carbonyl (C=O) groups is 2. The first-order valence-electron chi connectivity index (χ1n) is 8.06. The molecule has 0 saturated heterocycles. The summed E-state index contributed by atoms with van der Waals surface area (Å²) in [5.41, 5.74) is -1.29. The molecular weight excluding hydrogens is 374 g/mol. The molecule has 2 aromatic rings. The molecule has 27 heavy (non-hydrogen) atoms. The summed E-state index contributed by atoms with van der Waals surface area (Å²) in [4.78, 5) is 36.1. The van der Waals surface area contributed by atoms with Crippen LogP contribution in [0.25, 0.3) is 11.1 Å². The third-order valence-electron chi connectivity index (χ3n) is 3.52. The van der Waals surface area contributed by atoms with Gasteiger partial charge in [-0.15, -0.1) is 0 Å². The monoisotopic (exact) mass is 393 g/mol. The van der Waals surface area contributed by atoms with Crippen molar-refractivity contribution in [2.24, 2.45) is 0 Å². The van der Waals surface area contributed by atoms with E-state index in [9.17, 15) is 19.5 Å². The van der Waals surface area contributed by atoms with Gasteiger partial charge in [-0.25, -0.2) is 4.79 Å². The zero-order valence-corrected chi connectivity index (χ0v) is 16.2. The van der Waals surface area contributed by atoms with E-state index in [1.54, 1.807) is 39.0 Å². The summed E-state index contributed by atoms with van der Waals surface area (Å²) in [6.45, 7) is 4.65. The Bertz CT molecular complexity index is 942. The zero-order chi connectivity index (χ0) is 20.4. The van der Waals surface area contributed by atoms with Crippen molar-refractivity contribution in [3.63, 3.8) is 0 Å². The van der Waals surface area contributed by atoms with Crippen LogP contribution in [0.4, 0.5) is 0 Å². The van der Waals surface area contributed by atoms with E-state index in [0.717, 1.165) is 4.57 Å². The second-order valence-electron chi connectivity index (χ2n) is 6.78. The summed E-state index contributed by atoms with van der Waals surface area (Å²) >= 11 is 6.25. The van der Waals surface area contributed by atoms with Crippen molar-refractivity contribution < 1.29 is 24.2 Å². The van der Waals surface area contributed by atoms with E-state index in [1.807, 2.05) is 0 Å². The fraction of sp³-hybridized carbons (Fsp3) is 0.316. The van der Waals surface area contributed by atoms with Gasteiger partial charge in [0.25, 0.3) is 5.56 Å². The van der Waals surface area contributed by atoms with Crippen molar-refractivity contribution in [1.82, 2.24) is 4.57 Å². The maximum atomic E-state index is 12.4. The van der Waals surface area contributed by atoms with Crippen molar-refractivity contribution in [1.29, 1.82) is 0 Å². The molecule has 0 atom stereocenters. The summed E-state index contributed by atoms with van der Waals surface area (Å²) in [5, 5.41) is 9.70. The molecule has 0 bridgehead atoms. The number of carbonyl (C=O) groups excluding carboxylic acids is 1. The van der Waals surface area contributed by atoms with E-state index >= 15 is 0 Å². The lowest BCUT2D eigenvalue weighted by atomic mass is 10.0. The van der Waals surface area contributed by atoms with Crippen LogP contribution in [0.2, 0.25) is 5.02 Å². The molecule has 0 aliphatic carbocycles. The van der Waals surface area contributed by atoms with Gasteiger partial charge in [0.05, 0.1) is 12.1 Å². The molecule has 7 nitrogen and oxygen atoms in total. The molecule has 8 heteroatoms. The molecule has 0 spiro atoms. The number of ether oxygens (including phenoxy) is 2. The van der Waals surface area contributed by atoms with Crippen LogP contribution < -0.4 is 10.3 Å². The standard InChI is InChI=1S/C19H20ClNO6/c1-19(2,3)27-15(22)10-21-9-11(8-12(17(21)23)18(24)25)16-13(20)6-5-7-14(16)26-4/h5-9H,10H2,1-4H3,(H,24,25). The molecule has 0 fully saturated rings. The molecule has 1 N–H and O–H groups in total. The van der Waals surface area contributed by atoms with Gasteiger partial charge in [-0.3, -0.25) is 9.59 Å². The van der Waals surface area contributed by atoms with Crippen molar-refractivity contribution in [2.75, 3.05) is 7.11 Å². The zero-order valence-electron chi connectivity index (χ0n) is 15.4. The minimum Gasteiger partial charge on any atom is -0.496 e. The Hall–Kier alpha value is -2.80. The van der Waals surface area contributed by atoms with Crippen LogP contribution in [0.3, 0.4) is 0 Å². The molecule has 2 rings (SSSR count). The van der Waals surface area contributed by atoms with Crippen LogP contribution in [0, 0.1) is 0 Å². The average molecular weight is 394 g/mol. The fourth-order valence-electron chi connectivity index (χ4n) is 2.51. The van der Waals surface area contributed by atoms with Crippen LogP contribution >= 0.6 is 11.6 Å². The Kier molecular flexibility index (Phi) is 5.95. The number of nitrogens with zero attached hydrogens (tertiary/aromatic N) is 1. The van der Waals surface area contributed by atoms with Gasteiger partial charge >= 0.3 is 11.9 Å². The molecule has 1 heterocycles. The maximum Gasteiger partial charge on any atom is 0.341 e. The number of hydrogen-bond donors (Lipinski definition) is 1. The van der Waals surface area contributed by atoms with E-state index in [4.69, 9.17) is 21.1 Å². The Balaban J connectivity index is 2.62. The predicted octanol–water partition coefficient (Wildman–Crippen LogP) is 3.22. The average Bonchev–Trinajstić information content (AvgIpc) is 2.54. The van der Waals surface area contributed by atoms with Crippen molar-refractivity contribution in [3.05, 3.63) is 51.4 Å². The number of carboxylic acids is 1. The minimum atomic E-state index is -1.41. The smallest absolute Gasteiger partial charge is 0.341 e. The third kappa shape index (κ3) is 4.89. The largest absolute Gasteiger partial charge is 0.496 e. The Morgan fingerprint density at radius 1 is 1.26 bits per heavy atom. The van der Waals surface area contributed by atoms with Crippen LogP contribution in [-0.2, 0) is 16.1 Å². The van der Waals surface area contributed by atoms with Gasteiger partial charge in [0.2, 0.25) is 0 Å². The Morgan fingerprint density at radius 3 is 2.48 bits per heavy atom. The molecule has 0 aliphatic heterocycles. The first-order valence-corrected chi connectivity index (χ1v) is 8.44. The lowest BCUT2D eigenvalue weighted by Crippen LogP contribution is -2.32. The topological polar surface area (TPSA) is 94.8 Å². The van der Waals surface area contributed by atoms with Crippen LogP contribution in [0.15, 0.2) is 35.3 Å². The maximum absolute atomic E-state index is 12.4. The summed E-state index contributed by atoms with van der Waals surface area (Å²) < 4.78 is 11.5. The highest BCUT2D eigenvalue weighted by Gasteiger charge is 2.21. The molecule has 1 aromatic heterocycles. The number of methoxy groups -OCH3 is 1. The number of carboxylic acid groups (broad SMARTS) is 1. The van der Waals surface area contributed by atoms with Gasteiger partial charge in [-0.1, -0.05) is 17.7 Å². The van der Waals surface area contributed by atoms with Gasteiger partial charge < -0.3 is 19.1 Å². The third-order valence-corrected chi connectivity index (χ3v) is 3.83. The van der Waals surface area contributed by atoms with Crippen molar-refractivity contribution >= 4 is 23.5 Å². The highest BCUT2D eigenvalue weighted by atomic mass is 35.5. The van der Waals surface area contributed by atoms with Crippen LogP contribution in [0.5, 0.6) is 5.75 Å². The number of aromatic nitrogens is 1. The summed E-state index contributed by atoms with van der Waals surface area (Å²) in [5.74, 6) is -1.67. The highest BCUT2D eigenvalue weighted by Crippen LogP contribution is 2.36. The molecule has 0 amide bonds.